The van der Waals surface area contributed by atoms with Gasteiger partial charge in [-0.2, -0.15) is 0 Å². The molecular formula is C6H14O6S3. The van der Waals surface area contributed by atoms with Crippen LogP contribution in [0.15, 0.2) is 0 Å². The Balaban J connectivity index is 5.12. The number of sulfone groups is 3. The summed E-state index contributed by atoms with van der Waals surface area (Å²) in [6.45, 7) is 0. The van der Waals surface area contributed by atoms with E-state index in [0.717, 1.165) is 18.8 Å². The van der Waals surface area contributed by atoms with Gasteiger partial charge in [0, 0.05) is 18.8 Å². The molecule has 0 saturated carbocycles. The molecule has 0 aromatic rings. The van der Waals surface area contributed by atoms with Gasteiger partial charge in [0.15, 0.2) is 9.84 Å². The van der Waals surface area contributed by atoms with Crippen molar-refractivity contribution in [2.45, 2.75) is 5.25 Å². The maximum atomic E-state index is 11.2. The maximum absolute atomic E-state index is 11.2. The second-order valence-electron chi connectivity index (χ2n) is 3.64. The second-order valence-corrected chi connectivity index (χ2v) is 10.3. The van der Waals surface area contributed by atoms with Gasteiger partial charge in [-0.25, -0.2) is 25.3 Å². The van der Waals surface area contributed by atoms with Crippen LogP contribution in [0.5, 0.6) is 0 Å². The Bertz CT molecular complexity index is 475. The molecule has 0 unspecified atom stereocenters. The monoisotopic (exact) mass is 278 g/mol. The van der Waals surface area contributed by atoms with Gasteiger partial charge in [0.2, 0.25) is 0 Å². The first-order valence-corrected chi connectivity index (χ1v) is 9.93. The molecule has 9 heteroatoms. The van der Waals surface area contributed by atoms with Crippen LogP contribution >= 0.6 is 0 Å². The van der Waals surface area contributed by atoms with Crippen molar-refractivity contribution in [1.29, 1.82) is 0 Å². The van der Waals surface area contributed by atoms with E-state index < -0.39 is 46.3 Å². The van der Waals surface area contributed by atoms with Gasteiger partial charge in [-0.1, -0.05) is 0 Å². The zero-order valence-corrected chi connectivity index (χ0v) is 11.1. The Morgan fingerprint density at radius 1 is 0.733 bits per heavy atom. The largest absolute Gasteiger partial charge is 0.229 e. The minimum absolute atomic E-state index is 0.668. The van der Waals surface area contributed by atoms with Gasteiger partial charge in [0.25, 0.3) is 0 Å². The predicted molar refractivity (Wildman–Crippen MR) is 58.1 cm³/mol. The van der Waals surface area contributed by atoms with Gasteiger partial charge in [-0.15, -0.1) is 0 Å². The van der Waals surface area contributed by atoms with E-state index in [1.165, 1.54) is 0 Å². The lowest BCUT2D eigenvalue weighted by Gasteiger charge is -2.12. The van der Waals surface area contributed by atoms with E-state index in [9.17, 15) is 25.3 Å². The van der Waals surface area contributed by atoms with E-state index in [1.807, 2.05) is 0 Å². The van der Waals surface area contributed by atoms with E-state index in [1.54, 1.807) is 0 Å². The van der Waals surface area contributed by atoms with E-state index >= 15 is 0 Å². The summed E-state index contributed by atoms with van der Waals surface area (Å²) in [6, 6.07) is 0. The van der Waals surface area contributed by atoms with Crippen LogP contribution in [0.1, 0.15) is 0 Å². The lowest BCUT2D eigenvalue weighted by molar-refractivity contribution is 0.577. The summed E-state index contributed by atoms with van der Waals surface area (Å²) in [5, 5.41) is -1.39. The quantitative estimate of drug-likeness (QED) is 0.605. The summed E-state index contributed by atoms with van der Waals surface area (Å²) < 4.78 is 66.0. The van der Waals surface area contributed by atoms with Crippen LogP contribution in [0.2, 0.25) is 0 Å². The van der Waals surface area contributed by atoms with Crippen LogP contribution in [0.3, 0.4) is 0 Å². The highest BCUT2D eigenvalue weighted by molar-refractivity contribution is 7.96. The van der Waals surface area contributed by atoms with E-state index in [0.29, 0.717) is 0 Å². The normalized spacial score (nSPS) is 14.4. The van der Waals surface area contributed by atoms with E-state index in [2.05, 4.69) is 0 Å². The molecule has 0 aromatic carbocycles. The first-order valence-electron chi connectivity index (χ1n) is 3.85. The molecule has 0 N–H and O–H groups in total. The van der Waals surface area contributed by atoms with Crippen molar-refractivity contribution in [3.8, 4) is 0 Å². The van der Waals surface area contributed by atoms with Crippen LogP contribution in [0.4, 0.5) is 0 Å². The minimum Gasteiger partial charge on any atom is -0.229 e. The van der Waals surface area contributed by atoms with Crippen LogP contribution in [0, 0.1) is 0 Å². The molecule has 0 saturated heterocycles. The molecule has 92 valence electrons. The maximum Gasteiger partial charge on any atom is 0.152 e. The molecule has 0 aliphatic heterocycles. The Kier molecular flexibility index (Phi) is 4.34. The molecule has 15 heavy (non-hydrogen) atoms. The summed E-state index contributed by atoms with van der Waals surface area (Å²) in [6.07, 6.45) is 2.56. The average molecular weight is 278 g/mol. The topological polar surface area (TPSA) is 102 Å². The molecule has 0 aromatic heterocycles. The molecule has 0 amide bonds. The van der Waals surface area contributed by atoms with Crippen molar-refractivity contribution in [3.63, 3.8) is 0 Å². The van der Waals surface area contributed by atoms with Gasteiger partial charge in [0.1, 0.15) is 19.7 Å². The van der Waals surface area contributed by atoms with Gasteiger partial charge >= 0.3 is 0 Å². The third-order valence-corrected chi connectivity index (χ3v) is 5.56. The Labute approximate surface area is 90.4 Å². The zero-order valence-electron chi connectivity index (χ0n) is 8.67. The van der Waals surface area contributed by atoms with E-state index in [4.69, 9.17) is 0 Å². The van der Waals surface area contributed by atoms with Crippen molar-refractivity contribution < 1.29 is 25.3 Å². The van der Waals surface area contributed by atoms with Crippen LogP contribution in [-0.2, 0) is 29.5 Å². The van der Waals surface area contributed by atoms with Crippen molar-refractivity contribution in [2.75, 3.05) is 30.3 Å². The summed E-state index contributed by atoms with van der Waals surface area (Å²) in [7, 11) is -10.7. The van der Waals surface area contributed by atoms with Crippen molar-refractivity contribution in [3.05, 3.63) is 0 Å². The fraction of sp³-hybridized carbons (Fsp3) is 1.00. The molecule has 0 heterocycles. The van der Waals surface area contributed by atoms with Crippen molar-refractivity contribution in [1.82, 2.24) is 0 Å². The molecule has 0 rings (SSSR count). The second kappa shape index (κ2) is 4.38. The average Bonchev–Trinajstić information content (AvgIpc) is 1.75. The number of hydrogen-bond donors (Lipinski definition) is 0. The number of hydrogen-bond acceptors (Lipinski definition) is 6. The highest BCUT2D eigenvalue weighted by Gasteiger charge is 2.28. The fourth-order valence-corrected chi connectivity index (χ4v) is 6.17. The fourth-order valence-electron chi connectivity index (χ4n) is 0.971. The van der Waals surface area contributed by atoms with Gasteiger partial charge in [-0.3, -0.25) is 0 Å². The molecule has 0 spiro atoms. The molecule has 6 nitrogen and oxygen atoms in total. The van der Waals surface area contributed by atoms with Crippen LogP contribution < -0.4 is 0 Å². The zero-order chi connectivity index (χ0) is 12.5. The highest BCUT2D eigenvalue weighted by Crippen LogP contribution is 2.06. The molecule has 0 atom stereocenters. The van der Waals surface area contributed by atoms with Gasteiger partial charge in [0.05, 0.1) is 16.8 Å². The van der Waals surface area contributed by atoms with Gasteiger partial charge < -0.3 is 0 Å². The summed E-state index contributed by atoms with van der Waals surface area (Å²) >= 11 is 0. The predicted octanol–water partition coefficient (Wildman–Crippen LogP) is -1.51. The van der Waals surface area contributed by atoms with Gasteiger partial charge in [-0.05, 0) is 0 Å². The summed E-state index contributed by atoms with van der Waals surface area (Å²) in [4.78, 5) is 0. The summed E-state index contributed by atoms with van der Waals surface area (Å²) in [5.74, 6) is -1.34. The minimum atomic E-state index is -3.69. The Hall–Kier alpha value is -0.150. The first-order chi connectivity index (χ1) is 6.31. The summed E-state index contributed by atoms with van der Waals surface area (Å²) in [5.41, 5.74) is 0. The van der Waals surface area contributed by atoms with Crippen LogP contribution in [0.25, 0.3) is 0 Å². The molecule has 0 aliphatic carbocycles. The lowest BCUT2D eigenvalue weighted by atomic mass is 10.5. The molecule has 0 radical (unpaired) electrons. The standard InChI is InChI=1S/C6H14O6S3/c1-13(7,8)4-6(15(3,11)12)5-14(2,9)10/h6H,4-5H2,1-3H3. The molecule has 0 aliphatic rings. The SMILES string of the molecule is CS(=O)(=O)CC(CS(C)(=O)=O)S(C)(=O)=O. The van der Waals surface area contributed by atoms with Crippen molar-refractivity contribution >= 4 is 29.5 Å². The molecule has 0 bridgehead atoms. The lowest BCUT2D eigenvalue weighted by Crippen LogP contribution is -2.34. The van der Waals surface area contributed by atoms with Crippen LogP contribution in [-0.4, -0.2) is 60.8 Å². The van der Waals surface area contributed by atoms with E-state index in [-0.39, 0.29) is 0 Å². The highest BCUT2D eigenvalue weighted by atomic mass is 32.2. The smallest absolute Gasteiger partial charge is 0.152 e. The molecular weight excluding hydrogens is 264 g/mol. The Morgan fingerprint density at radius 2 is 1.00 bits per heavy atom. The van der Waals surface area contributed by atoms with Crippen molar-refractivity contribution in [2.24, 2.45) is 0 Å². The molecule has 0 fully saturated rings. The first kappa shape index (κ1) is 14.8. The third kappa shape index (κ3) is 7.74. The third-order valence-electron chi connectivity index (χ3n) is 1.58. The number of rotatable bonds is 5. The Morgan fingerprint density at radius 3 is 1.13 bits per heavy atom.